The molecule has 1 aliphatic rings. The molecule has 0 radical (unpaired) electrons. The average molecular weight is 396 g/mol. The van der Waals surface area contributed by atoms with Crippen LogP contribution < -0.4 is 0 Å². The van der Waals surface area contributed by atoms with Crippen LogP contribution in [0.3, 0.4) is 0 Å². The van der Waals surface area contributed by atoms with Crippen molar-refractivity contribution < 1.29 is 24.9 Å². The number of rotatable bonds is 12. The minimum atomic E-state index is -0.807. The number of carboxylic acid groups (broad SMARTS) is 1. The second-order valence-corrected chi connectivity index (χ2v) is 8.13. The van der Waals surface area contributed by atoms with Gasteiger partial charge in [-0.3, -0.25) is 9.59 Å². The first-order valence-electron chi connectivity index (χ1n) is 9.63. The van der Waals surface area contributed by atoms with E-state index < -0.39 is 24.1 Å². The Balaban J connectivity index is 1.76. The monoisotopic (exact) mass is 395 g/mol. The second kappa shape index (κ2) is 11.3. The Morgan fingerprint density at radius 3 is 2.67 bits per heavy atom. The van der Waals surface area contributed by atoms with Gasteiger partial charge >= 0.3 is 5.97 Å². The molecule has 1 saturated carbocycles. The highest BCUT2D eigenvalue weighted by molar-refractivity contribution is 7.09. The summed E-state index contributed by atoms with van der Waals surface area (Å²) in [5.74, 6) is -1.55. The maximum atomic E-state index is 12.6. The normalized spacial score (nSPS) is 25.3. The highest BCUT2D eigenvalue weighted by Crippen LogP contribution is 2.37. The van der Waals surface area contributed by atoms with Crippen LogP contribution in [0.25, 0.3) is 0 Å². The van der Waals surface area contributed by atoms with Crippen LogP contribution >= 0.6 is 11.3 Å². The lowest BCUT2D eigenvalue weighted by Gasteiger charge is -2.21. The van der Waals surface area contributed by atoms with Crippen LogP contribution in [-0.4, -0.2) is 44.3 Å². The van der Waals surface area contributed by atoms with Gasteiger partial charge in [0.05, 0.1) is 17.2 Å². The quantitative estimate of drug-likeness (QED) is 0.371. The van der Waals surface area contributed by atoms with Crippen LogP contribution in [-0.2, 0) is 16.0 Å². The average Bonchev–Trinajstić information content (AvgIpc) is 3.22. The smallest absolute Gasteiger partial charge is 0.303 e. The first kappa shape index (κ1) is 21.7. The summed E-state index contributed by atoms with van der Waals surface area (Å²) in [6.07, 6.45) is 9.19. The summed E-state index contributed by atoms with van der Waals surface area (Å²) in [5.41, 5.74) is 0. The van der Waals surface area contributed by atoms with Crippen molar-refractivity contribution in [3.63, 3.8) is 0 Å². The standard InChI is InChI=1S/C20H29NO5S/c22-15(8-5-6-9-18-21-11-12-27-18)20-14(16(23)13-17(20)24)7-3-1-2-4-10-19(25)26/h1,3,11-12,14,16-17,20,23-24H,2,4-10,13H2,(H,25,26)/t14?,16-,17-,20?/m0/s1. The summed E-state index contributed by atoms with van der Waals surface area (Å²) in [6, 6.07) is 0. The zero-order chi connectivity index (χ0) is 19.6. The number of Topliss-reactive ketones (excluding diaryl/α,β-unsaturated/α-hetero) is 1. The molecule has 6 nitrogen and oxygen atoms in total. The molecular weight excluding hydrogens is 366 g/mol. The lowest BCUT2D eigenvalue weighted by molar-refractivity contribution is -0.137. The van der Waals surface area contributed by atoms with Gasteiger partial charge in [0.1, 0.15) is 5.78 Å². The molecule has 2 unspecified atom stereocenters. The number of ketones is 1. The lowest BCUT2D eigenvalue weighted by atomic mass is 9.85. The predicted octanol–water partition coefficient (Wildman–Crippen LogP) is 2.98. The third-order valence-corrected chi connectivity index (χ3v) is 5.95. The molecule has 1 aromatic rings. The number of carboxylic acids is 1. The molecule has 27 heavy (non-hydrogen) atoms. The lowest BCUT2D eigenvalue weighted by Crippen LogP contribution is -2.29. The summed E-state index contributed by atoms with van der Waals surface area (Å²) in [5, 5.41) is 32.1. The highest BCUT2D eigenvalue weighted by Gasteiger charge is 2.44. The molecule has 1 aromatic heterocycles. The number of aromatic nitrogens is 1. The Labute approximate surface area is 164 Å². The first-order chi connectivity index (χ1) is 13.0. The maximum absolute atomic E-state index is 12.6. The van der Waals surface area contributed by atoms with E-state index in [9.17, 15) is 19.8 Å². The summed E-state index contributed by atoms with van der Waals surface area (Å²) in [6.45, 7) is 0. The Kier molecular flexibility index (Phi) is 9.10. The summed E-state index contributed by atoms with van der Waals surface area (Å²) in [4.78, 5) is 27.3. The van der Waals surface area contributed by atoms with Gasteiger partial charge in [-0.1, -0.05) is 12.2 Å². The Bertz CT molecular complexity index is 616. The zero-order valence-electron chi connectivity index (χ0n) is 15.5. The number of nitrogens with zero attached hydrogens (tertiary/aromatic N) is 1. The number of hydrogen-bond donors (Lipinski definition) is 3. The molecule has 0 aromatic carbocycles. The Morgan fingerprint density at radius 2 is 1.96 bits per heavy atom. The number of aliphatic hydroxyl groups excluding tert-OH is 2. The Morgan fingerprint density at radius 1 is 1.15 bits per heavy atom. The van der Waals surface area contributed by atoms with Crippen molar-refractivity contribution in [3.05, 3.63) is 28.7 Å². The molecule has 1 heterocycles. The molecule has 2 rings (SSSR count). The van der Waals surface area contributed by atoms with E-state index in [1.807, 2.05) is 17.5 Å². The van der Waals surface area contributed by atoms with Gasteiger partial charge in [0, 0.05) is 42.7 Å². The van der Waals surface area contributed by atoms with Gasteiger partial charge < -0.3 is 15.3 Å². The number of aliphatic carboxylic acids is 1. The maximum Gasteiger partial charge on any atom is 0.303 e. The molecule has 0 amide bonds. The fraction of sp³-hybridized carbons (Fsp3) is 0.650. The van der Waals surface area contributed by atoms with E-state index >= 15 is 0 Å². The third-order valence-electron chi connectivity index (χ3n) is 5.11. The van der Waals surface area contributed by atoms with Crippen molar-refractivity contribution >= 4 is 23.1 Å². The fourth-order valence-corrected chi connectivity index (χ4v) is 4.37. The van der Waals surface area contributed by atoms with Crippen LogP contribution in [0.2, 0.25) is 0 Å². The Hall–Kier alpha value is -1.57. The number of carbonyl (C=O) groups excluding carboxylic acids is 1. The van der Waals surface area contributed by atoms with Crippen molar-refractivity contribution in [2.75, 3.05) is 0 Å². The number of unbranched alkanes of at least 4 members (excludes halogenated alkanes) is 2. The largest absolute Gasteiger partial charge is 0.481 e. The number of aliphatic hydroxyl groups is 2. The summed E-state index contributed by atoms with van der Waals surface area (Å²) in [7, 11) is 0. The van der Waals surface area contributed by atoms with Gasteiger partial charge in [-0.05, 0) is 38.5 Å². The topological polar surface area (TPSA) is 108 Å². The molecule has 0 saturated heterocycles. The molecule has 0 aliphatic heterocycles. The van der Waals surface area contributed by atoms with Crippen molar-refractivity contribution in [1.29, 1.82) is 0 Å². The van der Waals surface area contributed by atoms with Gasteiger partial charge in [-0.25, -0.2) is 4.98 Å². The van der Waals surface area contributed by atoms with E-state index in [2.05, 4.69) is 4.98 Å². The van der Waals surface area contributed by atoms with E-state index in [1.54, 1.807) is 17.5 Å². The van der Waals surface area contributed by atoms with Gasteiger partial charge in [-0.2, -0.15) is 0 Å². The van der Waals surface area contributed by atoms with Gasteiger partial charge in [0.25, 0.3) is 0 Å². The second-order valence-electron chi connectivity index (χ2n) is 7.15. The zero-order valence-corrected chi connectivity index (χ0v) is 16.3. The van der Waals surface area contributed by atoms with Gasteiger partial charge in [0.2, 0.25) is 0 Å². The van der Waals surface area contributed by atoms with E-state index in [0.717, 1.165) is 24.3 Å². The van der Waals surface area contributed by atoms with E-state index in [1.165, 1.54) is 0 Å². The van der Waals surface area contributed by atoms with E-state index in [-0.39, 0.29) is 24.5 Å². The minimum Gasteiger partial charge on any atom is -0.481 e. The van der Waals surface area contributed by atoms with Crippen LogP contribution in [0, 0.1) is 11.8 Å². The number of aryl methyl sites for hydroxylation is 1. The minimum absolute atomic E-state index is 0.0301. The predicted molar refractivity (Wildman–Crippen MR) is 104 cm³/mol. The molecule has 1 aliphatic carbocycles. The first-order valence-corrected chi connectivity index (χ1v) is 10.5. The number of carbonyl (C=O) groups is 2. The molecule has 7 heteroatoms. The van der Waals surface area contributed by atoms with Crippen LogP contribution in [0.15, 0.2) is 23.7 Å². The van der Waals surface area contributed by atoms with Gasteiger partial charge in [0.15, 0.2) is 0 Å². The van der Waals surface area contributed by atoms with E-state index in [4.69, 9.17) is 5.11 Å². The molecule has 4 atom stereocenters. The number of thiazole rings is 1. The third kappa shape index (κ3) is 7.16. The SMILES string of the molecule is O=C(O)CCCC=CCC1C(C(=O)CCCCc2nccs2)[C@@H](O)C[C@@H]1O. The summed E-state index contributed by atoms with van der Waals surface area (Å²) >= 11 is 1.62. The molecule has 1 fully saturated rings. The number of hydrogen-bond acceptors (Lipinski definition) is 6. The molecule has 3 N–H and O–H groups in total. The molecule has 150 valence electrons. The van der Waals surface area contributed by atoms with Crippen LogP contribution in [0.4, 0.5) is 0 Å². The van der Waals surface area contributed by atoms with Crippen LogP contribution in [0.5, 0.6) is 0 Å². The highest BCUT2D eigenvalue weighted by atomic mass is 32.1. The van der Waals surface area contributed by atoms with Crippen molar-refractivity contribution in [3.8, 4) is 0 Å². The van der Waals surface area contributed by atoms with Crippen molar-refractivity contribution in [2.45, 2.75) is 70.0 Å². The van der Waals surface area contributed by atoms with Crippen LogP contribution in [0.1, 0.15) is 56.4 Å². The fourth-order valence-electron chi connectivity index (χ4n) is 3.71. The summed E-state index contributed by atoms with van der Waals surface area (Å²) < 4.78 is 0. The van der Waals surface area contributed by atoms with Crippen molar-refractivity contribution in [2.24, 2.45) is 11.8 Å². The molecule has 0 bridgehead atoms. The van der Waals surface area contributed by atoms with Gasteiger partial charge in [-0.15, -0.1) is 11.3 Å². The number of allylic oxidation sites excluding steroid dienone is 2. The van der Waals surface area contributed by atoms with Crippen molar-refractivity contribution in [1.82, 2.24) is 4.98 Å². The molecular formula is C20H29NO5S. The van der Waals surface area contributed by atoms with E-state index in [0.29, 0.717) is 25.7 Å². The molecule has 0 spiro atoms.